The molecule has 8 heteroatoms. The number of benzene rings is 1. The lowest BCUT2D eigenvalue weighted by Gasteiger charge is -2.13. The summed E-state index contributed by atoms with van der Waals surface area (Å²) in [6, 6.07) is 6.63. The Labute approximate surface area is 155 Å². The molecule has 0 bridgehead atoms. The summed E-state index contributed by atoms with van der Waals surface area (Å²) in [6.07, 6.45) is 0.507. The number of ether oxygens (including phenoxy) is 4. The van der Waals surface area contributed by atoms with Gasteiger partial charge >= 0.3 is 5.97 Å². The van der Waals surface area contributed by atoms with Crippen LogP contribution < -0.4 is 19.5 Å². The molecule has 0 aliphatic carbocycles. The van der Waals surface area contributed by atoms with Crippen molar-refractivity contribution in [3.8, 4) is 17.2 Å². The van der Waals surface area contributed by atoms with Crippen molar-refractivity contribution in [1.82, 2.24) is 5.32 Å². The topological polar surface area (TPSA) is 83.1 Å². The van der Waals surface area contributed by atoms with Gasteiger partial charge in [0.25, 0.3) is 5.91 Å². The van der Waals surface area contributed by atoms with Crippen LogP contribution in [0.25, 0.3) is 0 Å². The molecular weight excluding hydrogens is 358 g/mol. The molecule has 0 aliphatic heterocycles. The van der Waals surface area contributed by atoms with E-state index < -0.39 is 5.97 Å². The van der Waals surface area contributed by atoms with Crippen molar-refractivity contribution in [2.75, 3.05) is 34.5 Å². The zero-order chi connectivity index (χ0) is 18.9. The van der Waals surface area contributed by atoms with Gasteiger partial charge in [0.2, 0.25) is 5.75 Å². The Bertz CT molecular complexity index is 719. The molecule has 7 nitrogen and oxygen atoms in total. The third kappa shape index (κ3) is 4.89. The second-order valence-corrected chi connectivity index (χ2v) is 6.08. The van der Waals surface area contributed by atoms with Gasteiger partial charge in [-0.25, -0.2) is 4.79 Å². The molecule has 1 N–H and O–H groups in total. The molecular formula is C18H21NO6S. The first-order valence-electron chi connectivity index (χ1n) is 7.89. The van der Waals surface area contributed by atoms with Gasteiger partial charge in [0.1, 0.15) is 0 Å². The van der Waals surface area contributed by atoms with Crippen molar-refractivity contribution in [3.63, 3.8) is 0 Å². The molecule has 0 radical (unpaired) electrons. The first kappa shape index (κ1) is 19.6. The maximum atomic E-state index is 12.2. The van der Waals surface area contributed by atoms with Crippen molar-refractivity contribution >= 4 is 23.2 Å². The van der Waals surface area contributed by atoms with E-state index in [0.717, 1.165) is 0 Å². The Morgan fingerprint density at radius 3 is 2.31 bits per heavy atom. The van der Waals surface area contributed by atoms with E-state index >= 15 is 0 Å². The fourth-order valence-electron chi connectivity index (χ4n) is 2.22. The number of hydrogen-bond donors (Lipinski definition) is 1. The quantitative estimate of drug-likeness (QED) is 0.533. The predicted octanol–water partition coefficient (Wildman–Crippen LogP) is 2.75. The summed E-state index contributed by atoms with van der Waals surface area (Å²) in [7, 11) is 4.44. The predicted molar refractivity (Wildman–Crippen MR) is 97.6 cm³/mol. The van der Waals surface area contributed by atoms with Crippen LogP contribution in [0.5, 0.6) is 17.2 Å². The second-order valence-electron chi connectivity index (χ2n) is 5.14. The molecule has 0 atom stereocenters. The van der Waals surface area contributed by atoms with Gasteiger partial charge in [-0.1, -0.05) is 6.07 Å². The Balaban J connectivity index is 1.85. The van der Waals surface area contributed by atoms with Gasteiger partial charge in [0.15, 0.2) is 11.5 Å². The number of thiophene rings is 1. The smallest absolute Gasteiger partial charge is 0.338 e. The molecule has 0 fully saturated rings. The van der Waals surface area contributed by atoms with E-state index in [9.17, 15) is 9.59 Å². The van der Waals surface area contributed by atoms with Gasteiger partial charge in [0, 0.05) is 6.54 Å². The third-order valence-electron chi connectivity index (χ3n) is 3.49. The Morgan fingerprint density at radius 2 is 1.77 bits per heavy atom. The molecule has 1 heterocycles. The highest BCUT2D eigenvalue weighted by Gasteiger charge is 2.17. The highest BCUT2D eigenvalue weighted by molar-refractivity contribution is 7.12. The van der Waals surface area contributed by atoms with Gasteiger partial charge < -0.3 is 24.3 Å². The molecule has 1 aromatic heterocycles. The lowest BCUT2D eigenvalue weighted by Crippen LogP contribution is -2.24. The van der Waals surface area contributed by atoms with E-state index in [4.69, 9.17) is 18.9 Å². The van der Waals surface area contributed by atoms with E-state index in [0.29, 0.717) is 40.7 Å². The van der Waals surface area contributed by atoms with E-state index in [1.807, 2.05) is 11.4 Å². The van der Waals surface area contributed by atoms with Gasteiger partial charge in [-0.15, -0.1) is 11.3 Å². The third-order valence-corrected chi connectivity index (χ3v) is 4.35. The van der Waals surface area contributed by atoms with Crippen LogP contribution in [0.1, 0.15) is 26.5 Å². The number of esters is 1. The van der Waals surface area contributed by atoms with Gasteiger partial charge in [0.05, 0.1) is 38.4 Å². The summed E-state index contributed by atoms with van der Waals surface area (Å²) < 4.78 is 20.9. The van der Waals surface area contributed by atoms with Crippen LogP contribution in [0.4, 0.5) is 0 Å². The van der Waals surface area contributed by atoms with Crippen LogP contribution in [0.15, 0.2) is 29.6 Å². The average Bonchev–Trinajstić information content (AvgIpc) is 3.20. The van der Waals surface area contributed by atoms with Crippen molar-refractivity contribution in [3.05, 3.63) is 40.1 Å². The van der Waals surface area contributed by atoms with E-state index in [1.165, 1.54) is 44.8 Å². The fourth-order valence-corrected chi connectivity index (χ4v) is 2.86. The molecule has 0 saturated heterocycles. The molecule has 2 rings (SSSR count). The summed E-state index contributed by atoms with van der Waals surface area (Å²) in [6.45, 7) is 0.597. The van der Waals surface area contributed by atoms with E-state index in [1.54, 1.807) is 6.07 Å². The summed E-state index contributed by atoms with van der Waals surface area (Å²) in [5, 5.41) is 4.62. The molecule has 1 aromatic carbocycles. The Morgan fingerprint density at radius 1 is 1.08 bits per heavy atom. The first-order valence-corrected chi connectivity index (χ1v) is 8.77. The number of amides is 1. The zero-order valence-electron chi connectivity index (χ0n) is 14.9. The number of rotatable bonds is 9. The minimum Gasteiger partial charge on any atom is -0.493 e. The normalized spacial score (nSPS) is 10.1. The molecule has 0 unspecified atom stereocenters. The Hall–Kier alpha value is -2.74. The Kier molecular flexibility index (Phi) is 7.28. The summed E-state index contributed by atoms with van der Waals surface area (Å²) >= 11 is 1.38. The number of carbonyl (C=O) groups excluding carboxylic acids is 2. The summed E-state index contributed by atoms with van der Waals surface area (Å²) in [5.41, 5.74) is 0.294. The fraction of sp³-hybridized carbons (Fsp3) is 0.333. The maximum Gasteiger partial charge on any atom is 0.338 e. The van der Waals surface area contributed by atoms with Gasteiger partial charge in [-0.05, 0) is 30.0 Å². The molecule has 0 aliphatic rings. The summed E-state index contributed by atoms with van der Waals surface area (Å²) in [5.74, 6) is 0.525. The SMILES string of the molecule is COc1cc(C(=O)OCCCNC(=O)c2cccs2)cc(OC)c1OC. The lowest BCUT2D eigenvalue weighted by atomic mass is 10.2. The van der Waals surface area contributed by atoms with Crippen LogP contribution in [-0.2, 0) is 4.74 Å². The highest BCUT2D eigenvalue weighted by Crippen LogP contribution is 2.38. The summed E-state index contributed by atoms with van der Waals surface area (Å²) in [4.78, 5) is 24.6. The molecule has 2 aromatic rings. The molecule has 1 amide bonds. The van der Waals surface area contributed by atoms with Crippen molar-refractivity contribution in [2.24, 2.45) is 0 Å². The van der Waals surface area contributed by atoms with Crippen molar-refractivity contribution in [1.29, 1.82) is 0 Å². The van der Waals surface area contributed by atoms with Gasteiger partial charge in [-0.3, -0.25) is 4.79 Å². The van der Waals surface area contributed by atoms with Crippen molar-refractivity contribution < 1.29 is 28.5 Å². The lowest BCUT2D eigenvalue weighted by molar-refractivity contribution is 0.0500. The molecule has 0 saturated carbocycles. The minimum atomic E-state index is -0.506. The average molecular weight is 379 g/mol. The standard InChI is InChI=1S/C18H21NO6S/c1-22-13-10-12(11-14(23-2)16(13)24-3)18(21)25-8-5-7-19-17(20)15-6-4-9-26-15/h4,6,9-11H,5,7-8H2,1-3H3,(H,19,20). The molecule has 140 valence electrons. The largest absolute Gasteiger partial charge is 0.493 e. The zero-order valence-corrected chi connectivity index (χ0v) is 15.7. The van der Waals surface area contributed by atoms with Crippen LogP contribution in [0, 0.1) is 0 Å². The number of nitrogens with one attached hydrogen (secondary N) is 1. The first-order chi connectivity index (χ1) is 12.6. The van der Waals surface area contributed by atoms with Crippen LogP contribution in [-0.4, -0.2) is 46.4 Å². The molecule has 0 spiro atoms. The van der Waals surface area contributed by atoms with Crippen LogP contribution in [0.3, 0.4) is 0 Å². The van der Waals surface area contributed by atoms with E-state index in [-0.39, 0.29) is 12.5 Å². The number of carbonyl (C=O) groups is 2. The second kappa shape index (κ2) is 9.67. The van der Waals surface area contributed by atoms with Gasteiger partial charge in [-0.2, -0.15) is 0 Å². The highest BCUT2D eigenvalue weighted by atomic mass is 32.1. The minimum absolute atomic E-state index is 0.129. The van der Waals surface area contributed by atoms with Crippen LogP contribution >= 0.6 is 11.3 Å². The van der Waals surface area contributed by atoms with Crippen molar-refractivity contribution in [2.45, 2.75) is 6.42 Å². The van der Waals surface area contributed by atoms with E-state index in [2.05, 4.69) is 5.32 Å². The number of methoxy groups -OCH3 is 3. The maximum absolute atomic E-state index is 12.2. The molecule has 26 heavy (non-hydrogen) atoms. The monoisotopic (exact) mass is 379 g/mol. The van der Waals surface area contributed by atoms with Crippen LogP contribution in [0.2, 0.25) is 0 Å². The number of hydrogen-bond acceptors (Lipinski definition) is 7.